The predicted molar refractivity (Wildman–Crippen MR) is 92.0 cm³/mol. The fourth-order valence-corrected chi connectivity index (χ4v) is 3.21. The van der Waals surface area contributed by atoms with Crippen molar-refractivity contribution in [2.45, 2.75) is 32.7 Å². The molecule has 3 rings (SSSR count). The third-order valence-electron chi connectivity index (χ3n) is 4.83. The van der Waals surface area contributed by atoms with Crippen LogP contribution in [0.3, 0.4) is 0 Å². The number of amides is 1. The Morgan fingerprint density at radius 1 is 1.33 bits per heavy atom. The molecule has 7 nitrogen and oxygen atoms in total. The van der Waals surface area contributed by atoms with Gasteiger partial charge in [0.25, 0.3) is 5.91 Å². The Bertz CT molecular complexity index is 740. The molecule has 1 amide bonds. The first-order valence-corrected chi connectivity index (χ1v) is 8.26. The molecule has 0 aliphatic carbocycles. The summed E-state index contributed by atoms with van der Waals surface area (Å²) < 4.78 is 1.65. The van der Waals surface area contributed by atoms with Crippen molar-refractivity contribution >= 4 is 11.7 Å². The predicted octanol–water partition coefficient (Wildman–Crippen LogP) is 1.57. The molecule has 0 bridgehead atoms. The second kappa shape index (κ2) is 6.59. The van der Waals surface area contributed by atoms with Crippen molar-refractivity contribution in [2.24, 2.45) is 7.05 Å². The fourth-order valence-electron chi connectivity index (χ4n) is 3.21. The standard InChI is InChI=1S/C17H24N6O/c1-12-13(2)18-11-19-16(12)23-7-5-6-15(10-23)22(4)17(24)14-8-20-21(3)9-14/h8-9,11,15H,5-7,10H2,1-4H3. The monoisotopic (exact) mass is 328 g/mol. The highest BCUT2D eigenvalue weighted by atomic mass is 16.2. The van der Waals surface area contributed by atoms with Crippen LogP contribution in [-0.2, 0) is 7.05 Å². The van der Waals surface area contributed by atoms with Crippen LogP contribution in [-0.4, -0.2) is 56.7 Å². The maximum Gasteiger partial charge on any atom is 0.257 e. The fraction of sp³-hybridized carbons (Fsp3) is 0.529. The molecular weight excluding hydrogens is 304 g/mol. The molecule has 7 heteroatoms. The van der Waals surface area contributed by atoms with Crippen LogP contribution in [0.4, 0.5) is 5.82 Å². The number of carbonyl (C=O) groups excluding carboxylic acids is 1. The molecule has 0 radical (unpaired) electrons. The zero-order valence-electron chi connectivity index (χ0n) is 14.7. The van der Waals surface area contributed by atoms with E-state index in [2.05, 4.69) is 26.9 Å². The van der Waals surface area contributed by atoms with Gasteiger partial charge in [0.05, 0.1) is 11.8 Å². The first kappa shape index (κ1) is 16.4. The number of piperidine rings is 1. The smallest absolute Gasteiger partial charge is 0.257 e. The number of rotatable bonds is 3. The van der Waals surface area contributed by atoms with E-state index in [0.29, 0.717) is 5.56 Å². The summed E-state index contributed by atoms with van der Waals surface area (Å²) in [5.41, 5.74) is 2.74. The van der Waals surface area contributed by atoms with Crippen molar-refractivity contribution in [3.8, 4) is 0 Å². The van der Waals surface area contributed by atoms with Gasteiger partial charge in [0.2, 0.25) is 0 Å². The zero-order chi connectivity index (χ0) is 17.3. The highest BCUT2D eigenvalue weighted by Crippen LogP contribution is 2.24. The van der Waals surface area contributed by atoms with E-state index in [1.165, 1.54) is 0 Å². The molecule has 2 aromatic rings. The third kappa shape index (κ3) is 3.11. The van der Waals surface area contributed by atoms with Crippen LogP contribution in [0, 0.1) is 13.8 Å². The van der Waals surface area contributed by atoms with Crippen LogP contribution in [0.15, 0.2) is 18.7 Å². The minimum absolute atomic E-state index is 0.0190. The lowest BCUT2D eigenvalue weighted by atomic mass is 10.0. The summed E-state index contributed by atoms with van der Waals surface area (Å²) in [4.78, 5) is 25.5. The molecule has 0 N–H and O–H groups in total. The van der Waals surface area contributed by atoms with Crippen molar-refractivity contribution < 1.29 is 4.79 Å². The summed E-state index contributed by atoms with van der Waals surface area (Å²) in [6.45, 7) is 5.81. The molecule has 2 aromatic heterocycles. The van der Waals surface area contributed by atoms with E-state index in [4.69, 9.17) is 0 Å². The molecule has 1 saturated heterocycles. The normalized spacial score (nSPS) is 17.8. The number of anilines is 1. The van der Waals surface area contributed by atoms with Crippen molar-refractivity contribution in [3.63, 3.8) is 0 Å². The van der Waals surface area contributed by atoms with Crippen molar-refractivity contribution in [1.82, 2.24) is 24.6 Å². The quantitative estimate of drug-likeness (QED) is 0.855. The van der Waals surface area contributed by atoms with E-state index in [-0.39, 0.29) is 11.9 Å². The van der Waals surface area contributed by atoms with Gasteiger partial charge in [-0.25, -0.2) is 9.97 Å². The number of nitrogens with zero attached hydrogens (tertiary/aromatic N) is 6. The number of hydrogen-bond donors (Lipinski definition) is 0. The number of carbonyl (C=O) groups is 1. The molecule has 3 heterocycles. The Kier molecular flexibility index (Phi) is 4.51. The van der Waals surface area contributed by atoms with E-state index >= 15 is 0 Å². The minimum atomic E-state index is 0.0190. The van der Waals surface area contributed by atoms with Gasteiger partial charge in [0.1, 0.15) is 12.1 Å². The molecule has 1 unspecified atom stereocenters. The molecule has 0 aromatic carbocycles. The maximum absolute atomic E-state index is 12.6. The zero-order valence-corrected chi connectivity index (χ0v) is 14.7. The Balaban J connectivity index is 1.75. The average Bonchev–Trinajstić information content (AvgIpc) is 3.02. The third-order valence-corrected chi connectivity index (χ3v) is 4.83. The summed E-state index contributed by atoms with van der Waals surface area (Å²) in [5.74, 6) is 1.000. The van der Waals surface area contributed by atoms with Gasteiger partial charge in [-0.2, -0.15) is 5.10 Å². The summed E-state index contributed by atoms with van der Waals surface area (Å²) in [7, 11) is 3.70. The van der Waals surface area contributed by atoms with Crippen LogP contribution in [0.1, 0.15) is 34.5 Å². The van der Waals surface area contributed by atoms with Crippen LogP contribution < -0.4 is 4.90 Å². The Morgan fingerprint density at radius 3 is 2.83 bits per heavy atom. The highest BCUT2D eigenvalue weighted by molar-refractivity contribution is 5.93. The Morgan fingerprint density at radius 2 is 2.12 bits per heavy atom. The van der Waals surface area contributed by atoms with Crippen LogP contribution in [0.5, 0.6) is 0 Å². The molecule has 0 saturated carbocycles. The Labute approximate surface area is 142 Å². The SMILES string of the molecule is Cc1ncnc(N2CCCC(N(C)C(=O)c3cnn(C)c3)C2)c1C. The summed E-state index contributed by atoms with van der Waals surface area (Å²) in [6, 6.07) is 0.168. The molecular formula is C17H24N6O. The Hall–Kier alpha value is -2.44. The van der Waals surface area contributed by atoms with Gasteiger partial charge in [-0.1, -0.05) is 0 Å². The van der Waals surface area contributed by atoms with Gasteiger partial charge in [0.15, 0.2) is 0 Å². The maximum atomic E-state index is 12.6. The lowest BCUT2D eigenvalue weighted by molar-refractivity contribution is 0.0717. The second-order valence-electron chi connectivity index (χ2n) is 6.47. The molecule has 0 spiro atoms. The molecule has 1 aliphatic heterocycles. The first-order chi connectivity index (χ1) is 11.5. The number of hydrogen-bond acceptors (Lipinski definition) is 5. The van der Waals surface area contributed by atoms with E-state index in [1.807, 2.05) is 25.9 Å². The molecule has 1 fully saturated rings. The van der Waals surface area contributed by atoms with E-state index < -0.39 is 0 Å². The van der Waals surface area contributed by atoms with Gasteiger partial charge in [-0.3, -0.25) is 9.48 Å². The lowest BCUT2D eigenvalue weighted by Gasteiger charge is -2.38. The largest absolute Gasteiger partial charge is 0.354 e. The number of likely N-dealkylation sites (N-methyl/N-ethyl adjacent to an activating group) is 1. The van der Waals surface area contributed by atoms with Crippen molar-refractivity contribution in [2.75, 3.05) is 25.0 Å². The second-order valence-corrected chi connectivity index (χ2v) is 6.47. The van der Waals surface area contributed by atoms with Gasteiger partial charge >= 0.3 is 0 Å². The number of aromatic nitrogens is 4. The van der Waals surface area contributed by atoms with Gasteiger partial charge in [-0.15, -0.1) is 0 Å². The van der Waals surface area contributed by atoms with Crippen LogP contribution >= 0.6 is 0 Å². The molecule has 1 atom stereocenters. The average molecular weight is 328 g/mol. The number of aryl methyl sites for hydroxylation is 2. The van der Waals surface area contributed by atoms with Gasteiger partial charge in [-0.05, 0) is 26.7 Å². The topological polar surface area (TPSA) is 67.2 Å². The van der Waals surface area contributed by atoms with Crippen LogP contribution in [0.2, 0.25) is 0 Å². The molecule has 24 heavy (non-hydrogen) atoms. The summed E-state index contributed by atoms with van der Waals surface area (Å²) in [5, 5.41) is 4.09. The lowest BCUT2D eigenvalue weighted by Crippen LogP contribution is -2.49. The van der Waals surface area contributed by atoms with E-state index in [0.717, 1.165) is 43.0 Å². The summed E-state index contributed by atoms with van der Waals surface area (Å²) in [6.07, 6.45) is 7.04. The van der Waals surface area contributed by atoms with Crippen LogP contribution in [0.25, 0.3) is 0 Å². The van der Waals surface area contributed by atoms with Crippen molar-refractivity contribution in [3.05, 3.63) is 35.5 Å². The minimum Gasteiger partial charge on any atom is -0.354 e. The van der Waals surface area contributed by atoms with Gasteiger partial charge < -0.3 is 9.80 Å². The highest BCUT2D eigenvalue weighted by Gasteiger charge is 2.28. The van der Waals surface area contributed by atoms with E-state index in [9.17, 15) is 4.79 Å². The summed E-state index contributed by atoms with van der Waals surface area (Å²) >= 11 is 0. The van der Waals surface area contributed by atoms with Crippen molar-refractivity contribution in [1.29, 1.82) is 0 Å². The molecule has 128 valence electrons. The molecule has 1 aliphatic rings. The van der Waals surface area contributed by atoms with Gasteiger partial charge in [0, 0.05) is 50.7 Å². The van der Waals surface area contributed by atoms with E-state index in [1.54, 1.807) is 23.4 Å². The first-order valence-electron chi connectivity index (χ1n) is 8.26.